The van der Waals surface area contributed by atoms with E-state index in [2.05, 4.69) is 10.3 Å². The summed E-state index contributed by atoms with van der Waals surface area (Å²) < 4.78 is 18.7. The van der Waals surface area contributed by atoms with Gasteiger partial charge in [0.05, 0.1) is 6.61 Å². The molecule has 1 aromatic heterocycles. The highest BCUT2D eigenvalue weighted by molar-refractivity contribution is 6.04. The fourth-order valence-corrected chi connectivity index (χ4v) is 1.56. The molecule has 20 heavy (non-hydrogen) atoms. The molecule has 106 valence electrons. The van der Waals surface area contributed by atoms with Gasteiger partial charge in [-0.25, -0.2) is 4.39 Å². The number of aromatic nitrogens is 1. The van der Waals surface area contributed by atoms with E-state index in [0.717, 1.165) is 0 Å². The molecular weight excluding hydrogens is 283 g/mol. The fourth-order valence-electron chi connectivity index (χ4n) is 1.56. The average Bonchev–Trinajstić information content (AvgIpc) is 2.43. The summed E-state index contributed by atoms with van der Waals surface area (Å²) in [7, 11) is 0. The van der Waals surface area contributed by atoms with Crippen LogP contribution in [0.2, 0.25) is 0 Å². The molecule has 0 bridgehead atoms. The number of nitrogens with one attached hydrogen (secondary N) is 1. The van der Waals surface area contributed by atoms with E-state index in [9.17, 15) is 9.18 Å². The number of ether oxygens (including phenoxy) is 1. The van der Waals surface area contributed by atoms with Gasteiger partial charge in [0.15, 0.2) is 11.6 Å². The number of nitrogens with zero attached hydrogens (tertiary/aromatic N) is 1. The quantitative estimate of drug-likeness (QED) is 0.942. The zero-order chi connectivity index (χ0) is 13.7. The number of benzene rings is 1. The van der Waals surface area contributed by atoms with E-state index in [4.69, 9.17) is 4.74 Å². The third kappa shape index (κ3) is 3.93. The minimum absolute atomic E-state index is 0. The average molecular weight is 297 g/mol. The van der Waals surface area contributed by atoms with E-state index < -0.39 is 5.82 Å². The number of carbonyl (C=O) groups is 1. The molecule has 6 heteroatoms. The van der Waals surface area contributed by atoms with Gasteiger partial charge < -0.3 is 10.1 Å². The molecule has 0 saturated heterocycles. The number of halogens is 2. The van der Waals surface area contributed by atoms with Crippen molar-refractivity contribution in [2.24, 2.45) is 0 Å². The summed E-state index contributed by atoms with van der Waals surface area (Å²) in [6, 6.07) is 7.47. The van der Waals surface area contributed by atoms with Crippen molar-refractivity contribution < 1.29 is 13.9 Å². The third-order valence-corrected chi connectivity index (χ3v) is 2.43. The molecule has 0 aliphatic carbocycles. The largest absolute Gasteiger partial charge is 0.491 e. The Kier molecular flexibility index (Phi) is 5.93. The molecule has 1 N–H and O–H groups in total. The maximum absolute atomic E-state index is 13.6. The van der Waals surface area contributed by atoms with E-state index in [0.29, 0.717) is 17.9 Å². The summed E-state index contributed by atoms with van der Waals surface area (Å²) in [5.41, 5.74) is 0.840. The highest BCUT2D eigenvalue weighted by Crippen LogP contribution is 2.21. The zero-order valence-corrected chi connectivity index (χ0v) is 11.6. The number of hydrogen-bond acceptors (Lipinski definition) is 3. The van der Waals surface area contributed by atoms with E-state index in [1.165, 1.54) is 24.5 Å². The van der Waals surface area contributed by atoms with Gasteiger partial charge in [-0.3, -0.25) is 9.78 Å². The highest BCUT2D eigenvalue weighted by atomic mass is 35.5. The molecule has 2 rings (SSSR count). The van der Waals surface area contributed by atoms with Gasteiger partial charge in [-0.05, 0) is 31.2 Å². The number of hydrogen-bond donors (Lipinski definition) is 1. The fraction of sp³-hybridized carbons (Fsp3) is 0.143. The second kappa shape index (κ2) is 7.45. The van der Waals surface area contributed by atoms with Crippen LogP contribution in [-0.2, 0) is 0 Å². The summed E-state index contributed by atoms with van der Waals surface area (Å²) >= 11 is 0. The Bertz CT molecular complexity index is 579. The first-order valence-corrected chi connectivity index (χ1v) is 5.84. The number of rotatable bonds is 4. The molecule has 0 unspecified atom stereocenters. The number of anilines is 1. The summed E-state index contributed by atoms with van der Waals surface area (Å²) in [5, 5.41) is 2.61. The van der Waals surface area contributed by atoms with Crippen LogP contribution in [0.1, 0.15) is 17.3 Å². The van der Waals surface area contributed by atoms with Gasteiger partial charge in [-0.1, -0.05) is 0 Å². The Hall–Kier alpha value is -2.14. The molecule has 1 heterocycles. The second-order valence-electron chi connectivity index (χ2n) is 3.77. The Balaban J connectivity index is 0.00000200. The molecule has 0 atom stereocenters. The third-order valence-electron chi connectivity index (χ3n) is 2.43. The van der Waals surface area contributed by atoms with E-state index in [-0.39, 0.29) is 24.1 Å². The second-order valence-corrected chi connectivity index (χ2v) is 3.77. The smallest absolute Gasteiger partial charge is 0.255 e. The van der Waals surface area contributed by atoms with Gasteiger partial charge in [0.2, 0.25) is 0 Å². The van der Waals surface area contributed by atoms with Crippen molar-refractivity contribution in [3.05, 3.63) is 54.1 Å². The van der Waals surface area contributed by atoms with Crippen LogP contribution < -0.4 is 10.1 Å². The lowest BCUT2D eigenvalue weighted by molar-refractivity contribution is 0.102. The Morgan fingerprint density at radius 1 is 1.30 bits per heavy atom. The summed E-state index contributed by atoms with van der Waals surface area (Å²) in [6.07, 6.45) is 3.04. The van der Waals surface area contributed by atoms with Crippen LogP contribution in [0.5, 0.6) is 5.75 Å². The first kappa shape index (κ1) is 15.9. The van der Waals surface area contributed by atoms with Crippen molar-refractivity contribution in [3.63, 3.8) is 0 Å². The molecule has 2 aromatic rings. The normalized spacial score (nSPS) is 9.50. The lowest BCUT2D eigenvalue weighted by Gasteiger charge is -2.08. The van der Waals surface area contributed by atoms with Crippen molar-refractivity contribution in [1.29, 1.82) is 0 Å². The van der Waals surface area contributed by atoms with E-state index in [1.54, 1.807) is 25.1 Å². The van der Waals surface area contributed by atoms with Crippen LogP contribution in [0.25, 0.3) is 0 Å². The number of amides is 1. The van der Waals surface area contributed by atoms with Gasteiger partial charge in [0, 0.05) is 29.7 Å². The van der Waals surface area contributed by atoms with E-state index >= 15 is 0 Å². The molecule has 0 saturated carbocycles. The zero-order valence-electron chi connectivity index (χ0n) is 10.8. The van der Waals surface area contributed by atoms with Crippen LogP contribution in [0, 0.1) is 5.82 Å². The molecule has 0 aliphatic heterocycles. The van der Waals surface area contributed by atoms with Crippen LogP contribution in [-0.4, -0.2) is 17.5 Å². The van der Waals surface area contributed by atoms with Gasteiger partial charge in [0.1, 0.15) is 0 Å². The van der Waals surface area contributed by atoms with Crippen molar-refractivity contribution in [3.8, 4) is 5.75 Å². The number of carbonyl (C=O) groups excluding carboxylic acids is 1. The molecule has 4 nitrogen and oxygen atoms in total. The van der Waals surface area contributed by atoms with E-state index in [1.807, 2.05) is 0 Å². The molecule has 0 fully saturated rings. The van der Waals surface area contributed by atoms with Crippen molar-refractivity contribution in [2.45, 2.75) is 6.92 Å². The lowest BCUT2D eigenvalue weighted by Crippen LogP contribution is -2.12. The van der Waals surface area contributed by atoms with Gasteiger partial charge in [-0.2, -0.15) is 0 Å². The van der Waals surface area contributed by atoms with Crippen molar-refractivity contribution in [1.82, 2.24) is 4.98 Å². The Labute approximate surface area is 122 Å². The molecule has 0 spiro atoms. The van der Waals surface area contributed by atoms with Crippen molar-refractivity contribution in [2.75, 3.05) is 11.9 Å². The maximum atomic E-state index is 13.6. The topological polar surface area (TPSA) is 51.2 Å². The van der Waals surface area contributed by atoms with Crippen LogP contribution >= 0.6 is 12.4 Å². The predicted molar refractivity (Wildman–Crippen MR) is 77.0 cm³/mol. The SMILES string of the molecule is CCOc1ccc(NC(=O)c2ccncc2)cc1F.Cl. The minimum atomic E-state index is -0.505. The van der Waals surface area contributed by atoms with Crippen LogP contribution in [0.4, 0.5) is 10.1 Å². The van der Waals surface area contributed by atoms with Gasteiger partial charge in [0.25, 0.3) is 5.91 Å². The minimum Gasteiger partial charge on any atom is -0.491 e. The maximum Gasteiger partial charge on any atom is 0.255 e. The summed E-state index contributed by atoms with van der Waals surface area (Å²) in [6.45, 7) is 2.16. The van der Waals surface area contributed by atoms with Crippen LogP contribution in [0.3, 0.4) is 0 Å². The molecule has 0 aliphatic rings. The van der Waals surface area contributed by atoms with Gasteiger partial charge >= 0.3 is 0 Å². The summed E-state index contributed by atoms with van der Waals surface area (Å²) in [5.74, 6) is -0.648. The first-order valence-electron chi connectivity index (χ1n) is 5.84. The standard InChI is InChI=1S/C14H13FN2O2.ClH/c1-2-19-13-4-3-11(9-12(13)15)17-14(18)10-5-7-16-8-6-10;/h3-9H,2H2,1H3,(H,17,18);1H. The Morgan fingerprint density at radius 2 is 2.00 bits per heavy atom. The molecule has 0 radical (unpaired) electrons. The lowest BCUT2D eigenvalue weighted by atomic mass is 10.2. The van der Waals surface area contributed by atoms with Crippen molar-refractivity contribution >= 4 is 24.0 Å². The highest BCUT2D eigenvalue weighted by Gasteiger charge is 2.08. The van der Waals surface area contributed by atoms with Crippen LogP contribution in [0.15, 0.2) is 42.7 Å². The molecule has 1 aromatic carbocycles. The summed E-state index contributed by atoms with van der Waals surface area (Å²) in [4.78, 5) is 15.7. The number of pyridine rings is 1. The first-order chi connectivity index (χ1) is 9.20. The predicted octanol–water partition coefficient (Wildman–Crippen LogP) is 3.29. The Morgan fingerprint density at radius 3 is 2.60 bits per heavy atom. The van der Waals surface area contributed by atoms with Gasteiger partial charge in [-0.15, -0.1) is 12.4 Å². The monoisotopic (exact) mass is 296 g/mol. The molecule has 1 amide bonds. The molecular formula is C14H14ClFN2O2.